The number of carbonyl (C=O) groups excluding carboxylic acids is 3. The molecule has 1 fully saturated rings. The maximum absolute atomic E-state index is 13.6. The zero-order valence-electron chi connectivity index (χ0n) is 19.1. The van der Waals surface area contributed by atoms with Gasteiger partial charge in [0.05, 0.1) is 26.8 Å². The van der Waals surface area contributed by atoms with Crippen LogP contribution in [0, 0.1) is 12.8 Å². The molecule has 1 saturated heterocycles. The molecule has 2 atom stereocenters. The molecule has 2 heterocycles. The van der Waals surface area contributed by atoms with Crippen LogP contribution in [0.1, 0.15) is 33.1 Å². The summed E-state index contributed by atoms with van der Waals surface area (Å²) in [7, 11) is 2.94. The number of nitrogens with zero attached hydrogens (tertiary/aromatic N) is 1. The van der Waals surface area contributed by atoms with Crippen LogP contribution >= 0.6 is 0 Å². The SMILES string of the molecule is COc1ccc(C(=O)C2C(=O)C(=O)N(Cc3ccc[nH+]c3)C2c2ccc(O)c(OC)c2)cc1C. The molecule has 0 spiro atoms. The van der Waals surface area contributed by atoms with Crippen LogP contribution in [0.3, 0.4) is 0 Å². The lowest BCUT2D eigenvalue weighted by atomic mass is 9.85. The van der Waals surface area contributed by atoms with E-state index >= 15 is 0 Å². The van der Waals surface area contributed by atoms with Gasteiger partial charge in [-0.05, 0) is 54.4 Å². The normalized spacial score (nSPS) is 17.7. The first kappa shape index (κ1) is 23.0. The average Bonchev–Trinajstić information content (AvgIpc) is 3.09. The first-order chi connectivity index (χ1) is 16.3. The van der Waals surface area contributed by atoms with E-state index < -0.39 is 29.4 Å². The Morgan fingerprint density at radius 2 is 1.82 bits per heavy atom. The molecule has 1 aliphatic heterocycles. The summed E-state index contributed by atoms with van der Waals surface area (Å²) in [5, 5.41) is 10.1. The van der Waals surface area contributed by atoms with Crippen molar-refractivity contribution in [2.45, 2.75) is 19.5 Å². The number of amides is 1. The number of carbonyl (C=O) groups is 3. The second kappa shape index (κ2) is 9.35. The highest BCUT2D eigenvalue weighted by molar-refractivity contribution is 6.44. The van der Waals surface area contributed by atoms with Gasteiger partial charge in [0, 0.05) is 17.2 Å². The zero-order valence-corrected chi connectivity index (χ0v) is 19.1. The number of rotatable bonds is 7. The number of likely N-dealkylation sites (tertiary alicyclic amines) is 1. The molecule has 0 saturated carbocycles. The molecule has 8 heteroatoms. The van der Waals surface area contributed by atoms with Gasteiger partial charge < -0.3 is 19.5 Å². The van der Waals surface area contributed by atoms with Gasteiger partial charge in [-0.1, -0.05) is 6.07 Å². The molecule has 0 aliphatic carbocycles. The first-order valence-electron chi connectivity index (χ1n) is 10.7. The Morgan fingerprint density at radius 3 is 2.47 bits per heavy atom. The third-order valence-electron chi connectivity index (χ3n) is 6.04. The van der Waals surface area contributed by atoms with Gasteiger partial charge in [-0.3, -0.25) is 14.4 Å². The van der Waals surface area contributed by atoms with Gasteiger partial charge in [0.2, 0.25) is 5.78 Å². The van der Waals surface area contributed by atoms with Crippen LogP contribution in [0.5, 0.6) is 17.2 Å². The predicted molar refractivity (Wildman–Crippen MR) is 122 cm³/mol. The van der Waals surface area contributed by atoms with Gasteiger partial charge >= 0.3 is 0 Å². The smallest absolute Gasteiger partial charge is 0.291 e. The number of aromatic hydroxyl groups is 1. The van der Waals surface area contributed by atoms with E-state index in [1.54, 1.807) is 55.7 Å². The molecule has 0 radical (unpaired) electrons. The van der Waals surface area contributed by atoms with Crippen LogP contribution < -0.4 is 14.5 Å². The van der Waals surface area contributed by atoms with E-state index in [2.05, 4.69) is 4.98 Å². The summed E-state index contributed by atoms with van der Waals surface area (Å²) < 4.78 is 10.5. The number of hydrogen-bond acceptors (Lipinski definition) is 6. The summed E-state index contributed by atoms with van der Waals surface area (Å²) in [5.74, 6) is -2.49. The van der Waals surface area contributed by atoms with E-state index in [0.717, 1.165) is 11.1 Å². The number of pyridine rings is 1. The fourth-order valence-corrected chi connectivity index (χ4v) is 4.34. The van der Waals surface area contributed by atoms with Crippen molar-refractivity contribution in [3.63, 3.8) is 0 Å². The summed E-state index contributed by atoms with van der Waals surface area (Å²) in [6.45, 7) is 1.93. The maximum Gasteiger partial charge on any atom is 0.291 e. The van der Waals surface area contributed by atoms with Crippen molar-refractivity contribution in [3.05, 3.63) is 83.2 Å². The van der Waals surface area contributed by atoms with Crippen molar-refractivity contribution in [2.75, 3.05) is 14.2 Å². The Bertz CT molecular complexity index is 1260. The first-order valence-corrected chi connectivity index (χ1v) is 10.7. The molecule has 3 aromatic rings. The quantitative estimate of drug-likeness (QED) is 0.329. The second-order valence-corrected chi connectivity index (χ2v) is 8.11. The van der Waals surface area contributed by atoms with E-state index in [4.69, 9.17) is 9.47 Å². The Hall–Kier alpha value is -4.20. The summed E-state index contributed by atoms with van der Waals surface area (Å²) in [6, 6.07) is 12.2. The predicted octanol–water partition coefficient (Wildman–Crippen LogP) is 2.68. The van der Waals surface area contributed by atoms with E-state index in [9.17, 15) is 19.5 Å². The van der Waals surface area contributed by atoms with Crippen molar-refractivity contribution in [1.82, 2.24) is 4.90 Å². The standard InChI is InChI=1S/C26H24N2O6/c1-15-11-18(7-9-20(15)33-2)24(30)22-23(17-6-8-19(29)21(12-17)34-3)28(26(32)25(22)31)14-16-5-4-10-27-13-16/h4-13,22-23,29H,14H2,1-3H3/p+1. The number of H-pyrrole nitrogens is 1. The van der Waals surface area contributed by atoms with E-state index in [1.807, 2.05) is 6.07 Å². The largest absolute Gasteiger partial charge is 0.504 e. The van der Waals surface area contributed by atoms with Crippen LogP contribution in [-0.2, 0) is 16.1 Å². The Balaban J connectivity index is 1.81. The van der Waals surface area contributed by atoms with E-state index in [0.29, 0.717) is 16.9 Å². The molecule has 0 bridgehead atoms. The highest BCUT2D eigenvalue weighted by Gasteiger charge is 2.51. The van der Waals surface area contributed by atoms with Gasteiger partial charge in [-0.25, -0.2) is 4.98 Å². The maximum atomic E-state index is 13.6. The number of benzene rings is 2. The average molecular weight is 461 g/mol. The second-order valence-electron chi connectivity index (χ2n) is 8.11. The molecule has 2 unspecified atom stereocenters. The third-order valence-corrected chi connectivity index (χ3v) is 6.04. The molecule has 1 aliphatic rings. The fourth-order valence-electron chi connectivity index (χ4n) is 4.34. The number of phenols is 1. The van der Waals surface area contributed by atoms with Crippen molar-refractivity contribution >= 4 is 17.5 Å². The number of phenolic OH excluding ortho intramolecular Hbond substituents is 1. The lowest BCUT2D eigenvalue weighted by Crippen LogP contribution is -2.30. The van der Waals surface area contributed by atoms with Crippen molar-refractivity contribution in [2.24, 2.45) is 5.92 Å². The monoisotopic (exact) mass is 461 g/mol. The van der Waals surface area contributed by atoms with Crippen LogP contribution in [-0.4, -0.2) is 41.7 Å². The van der Waals surface area contributed by atoms with Gasteiger partial charge in [0.15, 0.2) is 29.7 Å². The molecule has 174 valence electrons. The number of methoxy groups -OCH3 is 2. The highest BCUT2D eigenvalue weighted by Crippen LogP contribution is 2.41. The van der Waals surface area contributed by atoms with Crippen molar-refractivity contribution in [1.29, 1.82) is 0 Å². The number of aromatic amines is 1. The zero-order chi connectivity index (χ0) is 24.4. The van der Waals surface area contributed by atoms with Gasteiger partial charge in [0.25, 0.3) is 5.91 Å². The molecule has 1 amide bonds. The molecule has 1 aromatic heterocycles. The topological polar surface area (TPSA) is 107 Å². The summed E-state index contributed by atoms with van der Waals surface area (Å²) in [4.78, 5) is 44.3. The molecule has 2 aromatic carbocycles. The van der Waals surface area contributed by atoms with Crippen molar-refractivity contribution in [3.8, 4) is 17.2 Å². The summed E-state index contributed by atoms with van der Waals surface area (Å²) in [6.07, 6.45) is 3.47. The van der Waals surface area contributed by atoms with Gasteiger partial charge in [-0.15, -0.1) is 0 Å². The number of aromatic nitrogens is 1. The summed E-state index contributed by atoms with van der Waals surface area (Å²) >= 11 is 0. The van der Waals surface area contributed by atoms with E-state index in [1.165, 1.54) is 25.2 Å². The van der Waals surface area contributed by atoms with Gasteiger partial charge in [-0.2, -0.15) is 0 Å². The third kappa shape index (κ3) is 4.10. The molecule has 2 N–H and O–H groups in total. The highest BCUT2D eigenvalue weighted by atomic mass is 16.5. The minimum absolute atomic E-state index is 0.0836. The number of aryl methyl sites for hydroxylation is 1. The number of Topliss-reactive ketones (excluding diaryl/α,β-unsaturated/α-hetero) is 2. The number of hydrogen-bond donors (Lipinski definition) is 1. The molecule has 34 heavy (non-hydrogen) atoms. The Morgan fingerprint density at radius 1 is 1.06 bits per heavy atom. The number of nitrogens with one attached hydrogen (secondary N) is 1. The van der Waals surface area contributed by atoms with Crippen LogP contribution in [0.4, 0.5) is 0 Å². The Kier molecular flexibility index (Phi) is 6.32. The van der Waals surface area contributed by atoms with E-state index in [-0.39, 0.29) is 18.0 Å². The van der Waals surface area contributed by atoms with Gasteiger partial charge in [0.1, 0.15) is 11.7 Å². The molecule has 4 rings (SSSR count). The Labute approximate surface area is 196 Å². The minimum Gasteiger partial charge on any atom is -0.504 e. The molecule has 8 nitrogen and oxygen atoms in total. The lowest BCUT2D eigenvalue weighted by molar-refractivity contribution is -0.378. The number of ketones is 2. The van der Waals surface area contributed by atoms with Crippen LogP contribution in [0.25, 0.3) is 0 Å². The van der Waals surface area contributed by atoms with Crippen LogP contribution in [0.15, 0.2) is 60.9 Å². The molecular weight excluding hydrogens is 436 g/mol. The van der Waals surface area contributed by atoms with Crippen LogP contribution in [0.2, 0.25) is 0 Å². The van der Waals surface area contributed by atoms with Crippen molar-refractivity contribution < 1.29 is 33.9 Å². The minimum atomic E-state index is -1.25. The lowest BCUT2D eigenvalue weighted by Gasteiger charge is -2.27. The number of ether oxygens (including phenoxy) is 2. The fraction of sp³-hybridized carbons (Fsp3) is 0.231. The summed E-state index contributed by atoms with van der Waals surface area (Å²) in [5.41, 5.74) is 2.34. The molecular formula is C26H25N2O6+.